The van der Waals surface area contributed by atoms with Gasteiger partial charge in [0.15, 0.2) is 17.0 Å². The maximum absolute atomic E-state index is 12.0. The number of anilines is 1. The van der Waals surface area contributed by atoms with Gasteiger partial charge in [-0.05, 0) is 39.0 Å². The summed E-state index contributed by atoms with van der Waals surface area (Å²) >= 11 is 0. The largest absolute Gasteiger partial charge is 0.465 e. The highest BCUT2D eigenvalue weighted by Crippen LogP contribution is 2.34. The van der Waals surface area contributed by atoms with Crippen LogP contribution >= 0.6 is 0 Å². The Hall–Kier alpha value is -2.22. The van der Waals surface area contributed by atoms with Crippen LogP contribution in [0.25, 0.3) is 11.2 Å². The van der Waals surface area contributed by atoms with Crippen molar-refractivity contribution < 1.29 is 14.3 Å². The van der Waals surface area contributed by atoms with E-state index in [2.05, 4.69) is 15.0 Å². The molecule has 134 valence electrons. The van der Waals surface area contributed by atoms with Crippen molar-refractivity contribution in [2.75, 3.05) is 24.7 Å². The molecule has 2 aromatic heterocycles. The van der Waals surface area contributed by atoms with Gasteiger partial charge in [0.25, 0.3) is 0 Å². The zero-order valence-corrected chi connectivity index (χ0v) is 14.4. The number of imidazole rings is 1. The minimum Gasteiger partial charge on any atom is -0.465 e. The summed E-state index contributed by atoms with van der Waals surface area (Å²) in [6.45, 7) is 3.15. The van der Waals surface area contributed by atoms with Crippen molar-refractivity contribution in [3.8, 4) is 0 Å². The number of nitrogens with zero attached hydrogens (tertiary/aromatic N) is 5. The Balaban J connectivity index is 1.66. The summed E-state index contributed by atoms with van der Waals surface area (Å²) in [4.78, 5) is 27.4. The van der Waals surface area contributed by atoms with Gasteiger partial charge in [-0.2, -0.15) is 0 Å². The van der Waals surface area contributed by atoms with Crippen LogP contribution in [0.2, 0.25) is 0 Å². The average Bonchev–Trinajstić information content (AvgIpc) is 3.39. The van der Waals surface area contributed by atoms with Crippen molar-refractivity contribution >= 4 is 23.0 Å². The van der Waals surface area contributed by atoms with E-state index in [0.29, 0.717) is 24.0 Å². The van der Waals surface area contributed by atoms with Gasteiger partial charge in [0.2, 0.25) is 0 Å². The molecule has 0 aromatic carbocycles. The van der Waals surface area contributed by atoms with E-state index >= 15 is 0 Å². The Kier molecular flexibility index (Phi) is 4.52. The molecule has 1 aliphatic carbocycles. The van der Waals surface area contributed by atoms with Crippen LogP contribution in [0.3, 0.4) is 0 Å². The molecule has 8 heteroatoms. The van der Waals surface area contributed by atoms with Crippen LogP contribution in [0.15, 0.2) is 12.7 Å². The lowest BCUT2D eigenvalue weighted by Crippen LogP contribution is -2.33. The standard InChI is InChI=1S/C17H23N5O3/c1-2-24-14(23)9-21(12-6-7-12)16-15-17(19-10-18-16)22(11-20-15)13-5-3-4-8-25-13/h10-13H,2-9H2,1H3. The first-order chi connectivity index (χ1) is 12.3. The quantitative estimate of drug-likeness (QED) is 0.741. The number of fused-ring (bicyclic) bond motifs is 1. The zero-order chi connectivity index (χ0) is 17.2. The van der Waals surface area contributed by atoms with Crippen LogP contribution < -0.4 is 4.90 Å². The zero-order valence-electron chi connectivity index (χ0n) is 14.4. The SMILES string of the molecule is CCOC(=O)CN(c1ncnc2c1ncn2C1CCCCO1)C1CC1. The second-order valence-corrected chi connectivity index (χ2v) is 6.51. The third-order valence-corrected chi connectivity index (χ3v) is 4.67. The highest BCUT2D eigenvalue weighted by Gasteiger charge is 2.34. The summed E-state index contributed by atoms with van der Waals surface area (Å²) in [7, 11) is 0. The second kappa shape index (κ2) is 6.95. The summed E-state index contributed by atoms with van der Waals surface area (Å²) in [6, 6.07) is 0.318. The molecule has 0 spiro atoms. The number of hydrogen-bond donors (Lipinski definition) is 0. The average molecular weight is 345 g/mol. The molecule has 2 fully saturated rings. The van der Waals surface area contributed by atoms with Crippen molar-refractivity contribution in [2.24, 2.45) is 0 Å². The lowest BCUT2D eigenvalue weighted by molar-refractivity contribution is -0.141. The normalized spacial score (nSPS) is 20.6. The molecule has 3 heterocycles. The van der Waals surface area contributed by atoms with Gasteiger partial charge in [0.05, 0.1) is 12.9 Å². The van der Waals surface area contributed by atoms with Crippen molar-refractivity contribution in [1.29, 1.82) is 0 Å². The molecule has 4 rings (SSSR count). The van der Waals surface area contributed by atoms with E-state index in [-0.39, 0.29) is 18.7 Å². The molecule has 0 radical (unpaired) electrons. The predicted octanol–water partition coefficient (Wildman–Crippen LogP) is 2.06. The molecule has 1 atom stereocenters. The van der Waals surface area contributed by atoms with E-state index in [1.54, 1.807) is 12.7 Å². The maximum Gasteiger partial charge on any atom is 0.325 e. The summed E-state index contributed by atoms with van der Waals surface area (Å²) in [5.74, 6) is 0.464. The smallest absolute Gasteiger partial charge is 0.325 e. The molecule has 25 heavy (non-hydrogen) atoms. The number of rotatable bonds is 6. The van der Waals surface area contributed by atoms with E-state index in [1.165, 1.54) is 0 Å². The Bertz CT molecular complexity index is 752. The highest BCUT2D eigenvalue weighted by molar-refractivity contribution is 5.86. The number of esters is 1. The van der Waals surface area contributed by atoms with Gasteiger partial charge in [-0.1, -0.05) is 0 Å². The van der Waals surface area contributed by atoms with Gasteiger partial charge < -0.3 is 14.4 Å². The monoisotopic (exact) mass is 345 g/mol. The molecule has 1 saturated heterocycles. The first-order valence-electron chi connectivity index (χ1n) is 8.99. The summed E-state index contributed by atoms with van der Waals surface area (Å²) in [6.07, 6.45) is 8.58. The van der Waals surface area contributed by atoms with E-state index < -0.39 is 0 Å². The lowest BCUT2D eigenvalue weighted by Gasteiger charge is -2.24. The first-order valence-corrected chi connectivity index (χ1v) is 8.99. The third kappa shape index (κ3) is 3.30. The van der Waals surface area contributed by atoms with E-state index in [0.717, 1.165) is 44.4 Å². The lowest BCUT2D eigenvalue weighted by atomic mass is 10.2. The minimum atomic E-state index is -0.240. The molecule has 1 saturated carbocycles. The Morgan fingerprint density at radius 2 is 2.20 bits per heavy atom. The van der Waals surface area contributed by atoms with Gasteiger partial charge in [0, 0.05) is 12.6 Å². The van der Waals surface area contributed by atoms with Crippen molar-refractivity contribution in [3.05, 3.63) is 12.7 Å². The molecule has 8 nitrogen and oxygen atoms in total. The number of ether oxygens (including phenoxy) is 2. The summed E-state index contributed by atoms with van der Waals surface area (Å²) in [5, 5.41) is 0. The van der Waals surface area contributed by atoms with Gasteiger partial charge in [-0.15, -0.1) is 0 Å². The molecule has 2 aromatic rings. The van der Waals surface area contributed by atoms with E-state index in [1.807, 2.05) is 16.4 Å². The fourth-order valence-electron chi connectivity index (χ4n) is 3.31. The molecule has 0 amide bonds. The Morgan fingerprint density at radius 3 is 2.92 bits per heavy atom. The summed E-state index contributed by atoms with van der Waals surface area (Å²) in [5.41, 5.74) is 1.47. The van der Waals surface area contributed by atoms with Crippen LogP contribution in [0.5, 0.6) is 0 Å². The minimum absolute atomic E-state index is 0.0269. The first kappa shape index (κ1) is 16.3. The fourth-order valence-corrected chi connectivity index (χ4v) is 3.31. The number of aromatic nitrogens is 4. The number of hydrogen-bond acceptors (Lipinski definition) is 7. The Morgan fingerprint density at radius 1 is 1.32 bits per heavy atom. The highest BCUT2D eigenvalue weighted by atomic mass is 16.5. The maximum atomic E-state index is 12.0. The van der Waals surface area contributed by atoms with Crippen molar-refractivity contribution in [3.63, 3.8) is 0 Å². The second-order valence-electron chi connectivity index (χ2n) is 6.51. The van der Waals surface area contributed by atoms with Crippen LogP contribution in [0, 0.1) is 0 Å². The molecule has 0 bridgehead atoms. The van der Waals surface area contributed by atoms with E-state index in [4.69, 9.17) is 9.47 Å². The molecule has 1 unspecified atom stereocenters. The fraction of sp³-hybridized carbons (Fsp3) is 0.647. The van der Waals surface area contributed by atoms with Crippen LogP contribution in [-0.4, -0.2) is 51.3 Å². The van der Waals surface area contributed by atoms with Crippen LogP contribution in [-0.2, 0) is 14.3 Å². The Labute approximate surface area is 146 Å². The third-order valence-electron chi connectivity index (χ3n) is 4.67. The molecule has 1 aliphatic heterocycles. The predicted molar refractivity (Wildman–Crippen MR) is 91.2 cm³/mol. The number of carbonyl (C=O) groups is 1. The van der Waals surface area contributed by atoms with Crippen LogP contribution in [0.1, 0.15) is 45.3 Å². The topological polar surface area (TPSA) is 82.4 Å². The van der Waals surface area contributed by atoms with Crippen LogP contribution in [0.4, 0.5) is 5.82 Å². The van der Waals surface area contributed by atoms with Gasteiger partial charge in [0.1, 0.15) is 19.1 Å². The number of carbonyl (C=O) groups excluding carboxylic acids is 1. The molecular formula is C17H23N5O3. The van der Waals surface area contributed by atoms with E-state index in [9.17, 15) is 4.79 Å². The molecular weight excluding hydrogens is 322 g/mol. The molecule has 0 N–H and O–H groups in total. The molecule has 2 aliphatic rings. The van der Waals surface area contributed by atoms with Crippen molar-refractivity contribution in [2.45, 2.75) is 51.3 Å². The van der Waals surface area contributed by atoms with Gasteiger partial charge in [-0.3, -0.25) is 9.36 Å². The summed E-state index contributed by atoms with van der Waals surface area (Å²) < 4.78 is 13.0. The van der Waals surface area contributed by atoms with Gasteiger partial charge in [-0.25, -0.2) is 15.0 Å². The van der Waals surface area contributed by atoms with Gasteiger partial charge >= 0.3 is 5.97 Å². The van der Waals surface area contributed by atoms with Crippen molar-refractivity contribution in [1.82, 2.24) is 19.5 Å².